The maximum atomic E-state index is 6.69. The van der Waals surface area contributed by atoms with Crippen molar-refractivity contribution in [3.63, 3.8) is 0 Å². The van der Waals surface area contributed by atoms with Crippen LogP contribution in [0.5, 0.6) is 0 Å². The summed E-state index contributed by atoms with van der Waals surface area (Å²) in [5.41, 5.74) is 15.3. The quantitative estimate of drug-likeness (QED) is 0.148. The fourth-order valence-corrected chi connectivity index (χ4v) is 12.5. The number of fused-ring (bicyclic) bond motifs is 15. The molecule has 3 heteroatoms. The van der Waals surface area contributed by atoms with Crippen LogP contribution < -0.4 is 4.90 Å². The van der Waals surface area contributed by atoms with E-state index >= 15 is 0 Å². The highest BCUT2D eigenvalue weighted by molar-refractivity contribution is 6.26. The van der Waals surface area contributed by atoms with Crippen molar-refractivity contribution < 1.29 is 4.42 Å². The van der Waals surface area contributed by atoms with Crippen molar-refractivity contribution in [3.8, 4) is 39.1 Å². The molecule has 2 aromatic heterocycles. The maximum absolute atomic E-state index is 6.69. The normalized spacial score (nSPS) is 11.9. The van der Waals surface area contributed by atoms with Crippen LogP contribution in [-0.4, -0.2) is 4.57 Å². The zero-order valence-electron chi connectivity index (χ0n) is 41.9. The lowest BCUT2D eigenvalue weighted by Crippen LogP contribution is -2.10. The first kappa shape index (κ1) is 43.2. The van der Waals surface area contributed by atoms with Crippen LogP contribution in [0.4, 0.5) is 17.1 Å². The van der Waals surface area contributed by atoms with Gasteiger partial charge in [-0.25, -0.2) is 0 Å². The summed E-state index contributed by atoms with van der Waals surface area (Å²) in [6, 6.07) is 102. The van der Waals surface area contributed by atoms with Gasteiger partial charge in [0.2, 0.25) is 0 Å². The second-order valence-corrected chi connectivity index (χ2v) is 20.4. The van der Waals surface area contributed by atoms with Crippen molar-refractivity contribution >= 4 is 115 Å². The zero-order chi connectivity index (χ0) is 50.6. The van der Waals surface area contributed by atoms with E-state index in [0.717, 1.165) is 61.3 Å². The minimum Gasteiger partial charge on any atom is -0.454 e. The van der Waals surface area contributed by atoms with Gasteiger partial charge in [-0.15, -0.1) is 0 Å². The van der Waals surface area contributed by atoms with E-state index in [1.807, 2.05) is 6.07 Å². The van der Waals surface area contributed by atoms with Gasteiger partial charge in [-0.1, -0.05) is 200 Å². The smallest absolute Gasteiger partial charge is 0.159 e. The highest BCUT2D eigenvalue weighted by Crippen LogP contribution is 2.45. The van der Waals surface area contributed by atoms with Crippen LogP contribution in [0, 0.1) is 0 Å². The second-order valence-electron chi connectivity index (χ2n) is 20.4. The van der Waals surface area contributed by atoms with Crippen molar-refractivity contribution in [2.75, 3.05) is 4.90 Å². The Bertz CT molecular complexity index is 4990. The SMILES string of the molecule is c1ccc(-c2ccc(N(c3ccc(-c4ccc5c(c4)c4cc(-c6cc7ccccc7c7ccccc67)ccc4n5-c4ccc5c6ccccc6c6ccccc6c5c4)cc3)c3cccc4c3oc3ccccc34)cc2)cc1. The van der Waals surface area contributed by atoms with Gasteiger partial charge >= 0.3 is 0 Å². The Balaban J connectivity index is 0.875. The average molecular weight is 979 g/mol. The van der Waals surface area contributed by atoms with E-state index in [-0.39, 0.29) is 0 Å². The summed E-state index contributed by atoms with van der Waals surface area (Å²) in [7, 11) is 0. The lowest BCUT2D eigenvalue weighted by Gasteiger charge is -2.26. The number of rotatable bonds is 7. The van der Waals surface area contributed by atoms with Crippen LogP contribution >= 0.6 is 0 Å². The van der Waals surface area contributed by atoms with E-state index in [1.54, 1.807) is 0 Å². The van der Waals surface area contributed by atoms with Crippen molar-refractivity contribution in [2.24, 2.45) is 0 Å². The monoisotopic (exact) mass is 978 g/mol. The Morgan fingerprint density at radius 2 is 0.753 bits per heavy atom. The van der Waals surface area contributed by atoms with Crippen LogP contribution in [-0.2, 0) is 0 Å². The third-order valence-corrected chi connectivity index (χ3v) is 16.1. The number of anilines is 3. The first-order chi connectivity index (χ1) is 38.2. The number of para-hydroxylation sites is 2. The molecular weight excluding hydrogens is 933 g/mol. The van der Waals surface area contributed by atoms with Gasteiger partial charge < -0.3 is 13.9 Å². The van der Waals surface area contributed by atoms with Crippen LogP contribution in [0.3, 0.4) is 0 Å². The summed E-state index contributed by atoms with van der Waals surface area (Å²) in [4.78, 5) is 2.33. The summed E-state index contributed by atoms with van der Waals surface area (Å²) < 4.78 is 9.17. The lowest BCUT2D eigenvalue weighted by atomic mass is 9.92. The molecule has 2 heterocycles. The van der Waals surface area contributed by atoms with E-state index in [0.29, 0.717) is 0 Å². The molecule has 0 N–H and O–H groups in total. The molecule has 77 heavy (non-hydrogen) atoms. The first-order valence-corrected chi connectivity index (χ1v) is 26.5. The Morgan fingerprint density at radius 3 is 1.43 bits per heavy atom. The molecule has 0 aliphatic carbocycles. The minimum absolute atomic E-state index is 0.857. The molecule has 0 atom stereocenters. The third-order valence-electron chi connectivity index (χ3n) is 16.1. The molecule has 0 unspecified atom stereocenters. The first-order valence-electron chi connectivity index (χ1n) is 26.5. The largest absolute Gasteiger partial charge is 0.454 e. The molecule has 0 saturated carbocycles. The fraction of sp³-hybridized carbons (Fsp3) is 0. The highest BCUT2D eigenvalue weighted by Gasteiger charge is 2.22. The average Bonchev–Trinajstić information content (AvgIpc) is 4.06. The molecule has 0 fully saturated rings. The van der Waals surface area contributed by atoms with Crippen LogP contribution in [0.15, 0.2) is 283 Å². The van der Waals surface area contributed by atoms with Crippen molar-refractivity contribution in [1.29, 1.82) is 0 Å². The number of hydrogen-bond donors (Lipinski definition) is 0. The molecule has 14 aromatic carbocycles. The van der Waals surface area contributed by atoms with E-state index < -0.39 is 0 Å². The van der Waals surface area contributed by atoms with E-state index in [2.05, 4.69) is 282 Å². The molecular formula is C74H46N2O. The maximum Gasteiger partial charge on any atom is 0.159 e. The predicted octanol–water partition coefficient (Wildman–Crippen LogP) is 20.9. The fourth-order valence-electron chi connectivity index (χ4n) is 12.5. The number of hydrogen-bond acceptors (Lipinski definition) is 2. The van der Waals surface area contributed by atoms with E-state index in [1.165, 1.54) is 92.4 Å². The van der Waals surface area contributed by atoms with Gasteiger partial charge in [0, 0.05) is 38.6 Å². The molecule has 0 saturated heterocycles. The summed E-state index contributed by atoms with van der Waals surface area (Å²) >= 11 is 0. The van der Waals surface area contributed by atoms with Crippen molar-refractivity contribution in [1.82, 2.24) is 4.57 Å². The minimum atomic E-state index is 0.857. The molecule has 0 aliphatic heterocycles. The third kappa shape index (κ3) is 6.84. The second kappa shape index (κ2) is 17.2. The number of nitrogens with zero attached hydrogens (tertiary/aromatic N) is 2. The van der Waals surface area contributed by atoms with Gasteiger partial charge in [-0.3, -0.25) is 0 Å². The zero-order valence-corrected chi connectivity index (χ0v) is 41.9. The van der Waals surface area contributed by atoms with Crippen molar-refractivity contribution in [3.05, 3.63) is 279 Å². The van der Waals surface area contributed by atoms with Gasteiger partial charge in [0.15, 0.2) is 5.58 Å². The Hall–Kier alpha value is -10.2. The van der Waals surface area contributed by atoms with Gasteiger partial charge in [-0.05, 0) is 166 Å². The lowest BCUT2D eigenvalue weighted by molar-refractivity contribution is 0.669. The Kier molecular flexibility index (Phi) is 9.64. The van der Waals surface area contributed by atoms with Gasteiger partial charge in [0.25, 0.3) is 0 Å². The summed E-state index contributed by atoms with van der Waals surface area (Å²) in [5, 5.41) is 17.2. The topological polar surface area (TPSA) is 21.3 Å². The number of furan rings is 1. The molecule has 0 radical (unpaired) electrons. The van der Waals surface area contributed by atoms with Crippen LogP contribution in [0.1, 0.15) is 0 Å². The molecule has 0 aliphatic rings. The van der Waals surface area contributed by atoms with Crippen LogP contribution in [0.2, 0.25) is 0 Å². The Morgan fingerprint density at radius 1 is 0.273 bits per heavy atom. The summed E-state index contributed by atoms with van der Waals surface area (Å²) in [6.45, 7) is 0. The standard InChI is InChI=1S/C74H46N2O/c1-2-15-47(16-3-1)48-29-35-53(36-30-48)75(72-27-14-26-65-64-25-12-13-28-73(64)77-74(65)72)54-37-31-49(32-38-54)50-33-41-70-68(43-50)69-45-52(66-44-51-17-4-5-18-56(51)57-19-6-10-23-61(57)66)34-42-71(69)76(70)55-39-40-63-60-22-8-7-20-58(60)59-21-9-11-24-62(59)67(63)46-55/h1-46H. The molecule has 0 spiro atoms. The number of benzene rings is 14. The van der Waals surface area contributed by atoms with Gasteiger partial charge in [0.05, 0.1) is 16.7 Å². The summed E-state index contributed by atoms with van der Waals surface area (Å²) in [6.07, 6.45) is 0. The van der Waals surface area contributed by atoms with E-state index in [9.17, 15) is 0 Å². The molecule has 0 bridgehead atoms. The van der Waals surface area contributed by atoms with E-state index in [4.69, 9.17) is 4.42 Å². The molecule has 3 nitrogen and oxygen atoms in total. The predicted molar refractivity (Wildman–Crippen MR) is 327 cm³/mol. The number of aromatic nitrogens is 1. The molecule has 0 amide bonds. The van der Waals surface area contributed by atoms with Gasteiger partial charge in [0.1, 0.15) is 5.58 Å². The highest BCUT2D eigenvalue weighted by atomic mass is 16.3. The Labute approximate surface area is 444 Å². The van der Waals surface area contributed by atoms with Crippen molar-refractivity contribution in [2.45, 2.75) is 0 Å². The van der Waals surface area contributed by atoms with Gasteiger partial charge in [-0.2, -0.15) is 0 Å². The van der Waals surface area contributed by atoms with Crippen LogP contribution in [0.25, 0.3) is 137 Å². The molecule has 358 valence electrons. The molecule has 16 aromatic rings. The molecule has 16 rings (SSSR count). The summed E-state index contributed by atoms with van der Waals surface area (Å²) in [5.74, 6) is 0.